The van der Waals surface area contributed by atoms with Crippen molar-refractivity contribution in [2.24, 2.45) is 0 Å². The van der Waals surface area contributed by atoms with Crippen molar-refractivity contribution in [3.05, 3.63) is 16.1 Å². The van der Waals surface area contributed by atoms with Crippen LogP contribution in [0.1, 0.15) is 30.5 Å². The molecule has 17 heavy (non-hydrogen) atoms. The molecule has 2 heterocycles. The van der Waals surface area contributed by atoms with E-state index in [1.54, 1.807) is 16.2 Å². The molecule has 2 rings (SSSR count). The van der Waals surface area contributed by atoms with Crippen molar-refractivity contribution < 1.29 is 9.90 Å². The van der Waals surface area contributed by atoms with Gasteiger partial charge >= 0.3 is 0 Å². The number of aryl methyl sites for hydroxylation is 1. The van der Waals surface area contributed by atoms with E-state index in [0.717, 1.165) is 23.5 Å². The van der Waals surface area contributed by atoms with E-state index in [0.29, 0.717) is 19.5 Å². The largest absolute Gasteiger partial charge is 0.386 e. The number of nitrogens with zero attached hydrogens (tertiary/aromatic N) is 2. The molecule has 1 N–H and O–H groups in total. The van der Waals surface area contributed by atoms with E-state index in [4.69, 9.17) is 0 Å². The zero-order valence-electron chi connectivity index (χ0n) is 10.3. The third-order valence-corrected chi connectivity index (χ3v) is 3.86. The summed E-state index contributed by atoms with van der Waals surface area (Å²) in [6, 6.07) is 0. The van der Waals surface area contributed by atoms with Crippen LogP contribution in [0.4, 0.5) is 0 Å². The first-order chi connectivity index (χ1) is 8.02. The average molecular weight is 254 g/mol. The number of rotatable bonds is 4. The number of likely N-dealkylation sites (tertiary alicyclic amines) is 1. The second-order valence-corrected chi connectivity index (χ2v) is 5.82. The van der Waals surface area contributed by atoms with Crippen LogP contribution in [-0.2, 0) is 11.2 Å². The highest BCUT2D eigenvalue weighted by Gasteiger charge is 2.42. The highest BCUT2D eigenvalue weighted by Crippen LogP contribution is 2.26. The maximum atomic E-state index is 11.9. The molecule has 0 unspecified atom stereocenters. The molecule has 0 spiro atoms. The van der Waals surface area contributed by atoms with Crippen molar-refractivity contribution in [3.8, 4) is 0 Å². The minimum absolute atomic E-state index is 0.0658. The molecule has 1 saturated heterocycles. The third kappa shape index (κ3) is 2.84. The highest BCUT2D eigenvalue weighted by molar-refractivity contribution is 7.09. The monoisotopic (exact) mass is 254 g/mol. The van der Waals surface area contributed by atoms with Gasteiger partial charge in [-0.2, -0.15) is 0 Å². The van der Waals surface area contributed by atoms with Gasteiger partial charge in [-0.25, -0.2) is 4.98 Å². The molecule has 1 aromatic rings. The summed E-state index contributed by atoms with van der Waals surface area (Å²) in [5.74, 6) is 0.0658. The Bertz CT molecular complexity index is 410. The van der Waals surface area contributed by atoms with Crippen LogP contribution in [0.15, 0.2) is 5.38 Å². The van der Waals surface area contributed by atoms with E-state index in [-0.39, 0.29) is 5.91 Å². The molecule has 0 bridgehead atoms. The lowest BCUT2D eigenvalue weighted by Gasteiger charge is -2.46. The van der Waals surface area contributed by atoms with Crippen LogP contribution in [0, 0.1) is 6.92 Å². The summed E-state index contributed by atoms with van der Waals surface area (Å²) in [5.41, 5.74) is 0.200. The van der Waals surface area contributed by atoms with E-state index >= 15 is 0 Å². The lowest BCUT2D eigenvalue weighted by Crippen LogP contribution is -2.63. The lowest BCUT2D eigenvalue weighted by atomic mass is 9.89. The Hall–Kier alpha value is -0.940. The molecular weight excluding hydrogens is 236 g/mol. The lowest BCUT2D eigenvalue weighted by molar-refractivity contribution is -0.155. The zero-order chi connectivity index (χ0) is 12.5. The summed E-state index contributed by atoms with van der Waals surface area (Å²) in [4.78, 5) is 17.9. The van der Waals surface area contributed by atoms with E-state index < -0.39 is 5.60 Å². The van der Waals surface area contributed by atoms with Gasteiger partial charge in [0.2, 0.25) is 5.91 Å². The standard InChI is InChI=1S/C12H18N2O2S/c1-3-4-12(16)7-14(8-12)11(15)5-10-6-17-9(2)13-10/h6,16H,3-5,7-8H2,1-2H3. The molecule has 1 aliphatic heterocycles. The molecule has 1 aliphatic rings. The summed E-state index contributed by atoms with van der Waals surface area (Å²) in [7, 11) is 0. The van der Waals surface area contributed by atoms with Gasteiger partial charge < -0.3 is 10.0 Å². The van der Waals surface area contributed by atoms with Gasteiger partial charge in [-0.3, -0.25) is 4.79 Å². The van der Waals surface area contributed by atoms with Crippen molar-refractivity contribution in [1.82, 2.24) is 9.88 Å². The Morgan fingerprint density at radius 1 is 1.65 bits per heavy atom. The summed E-state index contributed by atoms with van der Waals surface area (Å²) in [5, 5.41) is 12.9. The third-order valence-electron chi connectivity index (χ3n) is 3.04. The summed E-state index contributed by atoms with van der Waals surface area (Å²) in [6.07, 6.45) is 2.07. The smallest absolute Gasteiger partial charge is 0.228 e. The van der Waals surface area contributed by atoms with Crippen molar-refractivity contribution in [1.29, 1.82) is 0 Å². The van der Waals surface area contributed by atoms with Crippen molar-refractivity contribution in [3.63, 3.8) is 0 Å². The summed E-state index contributed by atoms with van der Waals surface area (Å²) in [6.45, 7) is 4.92. The molecule has 1 aromatic heterocycles. The number of hydrogen-bond donors (Lipinski definition) is 1. The summed E-state index contributed by atoms with van der Waals surface area (Å²) < 4.78 is 0. The molecular formula is C12H18N2O2S. The number of carbonyl (C=O) groups is 1. The van der Waals surface area contributed by atoms with E-state index in [9.17, 15) is 9.90 Å². The van der Waals surface area contributed by atoms with Crippen molar-refractivity contribution in [2.45, 2.75) is 38.7 Å². The second-order valence-electron chi connectivity index (χ2n) is 4.76. The van der Waals surface area contributed by atoms with Gasteiger partial charge in [-0.15, -0.1) is 11.3 Å². The first-order valence-electron chi connectivity index (χ1n) is 5.93. The number of thiazole rings is 1. The predicted octanol–water partition coefficient (Wildman–Crippen LogP) is 1.37. The predicted molar refractivity (Wildman–Crippen MR) is 67.0 cm³/mol. The van der Waals surface area contributed by atoms with Crippen LogP contribution in [0.3, 0.4) is 0 Å². The Labute approximate surface area is 105 Å². The first kappa shape index (κ1) is 12.5. The molecule has 0 aliphatic carbocycles. The molecule has 1 fully saturated rings. The fourth-order valence-electron chi connectivity index (χ4n) is 2.22. The molecule has 0 saturated carbocycles. The number of aromatic nitrogens is 1. The van der Waals surface area contributed by atoms with Crippen LogP contribution in [0.25, 0.3) is 0 Å². The van der Waals surface area contributed by atoms with Crippen molar-refractivity contribution >= 4 is 17.2 Å². The summed E-state index contributed by atoms with van der Waals surface area (Å²) >= 11 is 1.56. The van der Waals surface area contributed by atoms with Gasteiger partial charge in [0, 0.05) is 5.38 Å². The zero-order valence-corrected chi connectivity index (χ0v) is 11.1. The van der Waals surface area contributed by atoms with E-state index in [1.807, 2.05) is 19.2 Å². The SMILES string of the molecule is CCCC1(O)CN(C(=O)Cc2csc(C)n2)C1. The van der Waals surface area contributed by atoms with Gasteiger partial charge in [0.15, 0.2) is 0 Å². The second kappa shape index (κ2) is 4.74. The Kier molecular flexibility index (Phi) is 3.49. The fraction of sp³-hybridized carbons (Fsp3) is 0.667. The van der Waals surface area contributed by atoms with Crippen LogP contribution in [0.5, 0.6) is 0 Å². The molecule has 1 amide bonds. The minimum Gasteiger partial charge on any atom is -0.386 e. The highest BCUT2D eigenvalue weighted by atomic mass is 32.1. The van der Waals surface area contributed by atoms with Crippen LogP contribution < -0.4 is 0 Å². The van der Waals surface area contributed by atoms with Gasteiger partial charge in [0.05, 0.1) is 35.8 Å². The fourth-order valence-corrected chi connectivity index (χ4v) is 2.83. The maximum absolute atomic E-state index is 11.9. The van der Waals surface area contributed by atoms with Gasteiger partial charge in [0.1, 0.15) is 0 Å². The van der Waals surface area contributed by atoms with Crippen LogP contribution >= 0.6 is 11.3 Å². The quantitative estimate of drug-likeness (QED) is 0.883. The molecule has 0 radical (unpaired) electrons. The maximum Gasteiger partial charge on any atom is 0.228 e. The molecule has 0 atom stereocenters. The van der Waals surface area contributed by atoms with E-state index in [1.165, 1.54) is 0 Å². The number of β-amino-alcohol motifs (C(OH)–C–C–N with tert-alkyl or cyclic N) is 1. The number of amides is 1. The minimum atomic E-state index is -0.637. The normalized spacial score (nSPS) is 17.9. The molecule has 0 aromatic carbocycles. The first-order valence-corrected chi connectivity index (χ1v) is 6.81. The number of aliphatic hydroxyl groups is 1. The Balaban J connectivity index is 1.83. The van der Waals surface area contributed by atoms with Crippen molar-refractivity contribution in [2.75, 3.05) is 13.1 Å². The number of carbonyl (C=O) groups excluding carboxylic acids is 1. The van der Waals surface area contributed by atoms with Crippen LogP contribution in [-0.4, -0.2) is 39.6 Å². The number of hydrogen-bond acceptors (Lipinski definition) is 4. The molecule has 5 heteroatoms. The van der Waals surface area contributed by atoms with E-state index in [2.05, 4.69) is 4.98 Å². The Morgan fingerprint density at radius 2 is 2.35 bits per heavy atom. The Morgan fingerprint density at radius 3 is 2.88 bits per heavy atom. The molecule has 4 nitrogen and oxygen atoms in total. The average Bonchev–Trinajstić information content (AvgIpc) is 2.60. The van der Waals surface area contributed by atoms with Gasteiger partial charge in [-0.1, -0.05) is 13.3 Å². The van der Waals surface area contributed by atoms with Gasteiger partial charge in [-0.05, 0) is 13.3 Å². The topological polar surface area (TPSA) is 53.4 Å². The van der Waals surface area contributed by atoms with Gasteiger partial charge in [0.25, 0.3) is 0 Å². The molecule has 94 valence electrons. The van der Waals surface area contributed by atoms with Crippen LogP contribution in [0.2, 0.25) is 0 Å².